The molecule has 2 heterocycles. The molecule has 0 spiro atoms. The normalized spacial score (nSPS) is 11.0. The van der Waals surface area contributed by atoms with E-state index in [1.54, 1.807) is 13.3 Å². The Balaban J connectivity index is 1.97. The molecule has 0 unspecified atom stereocenters. The highest BCUT2D eigenvalue weighted by molar-refractivity contribution is 6.04. The number of nitrogens with one attached hydrogen (secondary N) is 2. The number of hydrogen-bond acceptors (Lipinski definition) is 6. The number of carbonyl (C=O) groups excluding carboxylic acids is 1. The van der Waals surface area contributed by atoms with Crippen LogP contribution in [0.4, 0.5) is 5.82 Å². The van der Waals surface area contributed by atoms with Crippen LogP contribution in [0.3, 0.4) is 0 Å². The largest absolute Gasteiger partial charge is 0.497 e. The first-order valence-corrected chi connectivity index (χ1v) is 7.99. The molecule has 3 rings (SSSR count). The Kier molecular flexibility index (Phi) is 4.95. The van der Waals surface area contributed by atoms with E-state index in [2.05, 4.69) is 25.2 Å². The van der Waals surface area contributed by atoms with Crippen LogP contribution in [-0.4, -0.2) is 60.4 Å². The molecule has 1 aromatic carbocycles. The van der Waals surface area contributed by atoms with E-state index in [9.17, 15) is 4.79 Å². The van der Waals surface area contributed by atoms with Crippen LogP contribution in [0.2, 0.25) is 0 Å². The summed E-state index contributed by atoms with van der Waals surface area (Å²) in [6.07, 6.45) is 2.50. The standard InChI is InChI=1S/C18H21N5O2/c1-23(2)9-8-19-16-6-7-20-18(22-16)17-14(11-24)13-10-12(25-3)4-5-15(13)21-17/h4-7,10-11,21H,8-9H2,1-3H3,(H,19,20,22). The second kappa shape index (κ2) is 7.31. The van der Waals surface area contributed by atoms with Gasteiger partial charge in [0.2, 0.25) is 0 Å². The predicted molar refractivity (Wildman–Crippen MR) is 98.3 cm³/mol. The number of carbonyl (C=O) groups is 1. The monoisotopic (exact) mass is 339 g/mol. The van der Waals surface area contributed by atoms with E-state index in [4.69, 9.17) is 4.74 Å². The topological polar surface area (TPSA) is 83.1 Å². The number of nitrogens with zero attached hydrogens (tertiary/aromatic N) is 3. The second-order valence-corrected chi connectivity index (χ2v) is 5.94. The lowest BCUT2D eigenvalue weighted by Crippen LogP contribution is -2.21. The van der Waals surface area contributed by atoms with E-state index in [1.165, 1.54) is 0 Å². The summed E-state index contributed by atoms with van der Waals surface area (Å²) in [7, 11) is 5.63. The van der Waals surface area contributed by atoms with Crippen LogP contribution >= 0.6 is 0 Å². The number of ether oxygens (including phenoxy) is 1. The van der Waals surface area contributed by atoms with Gasteiger partial charge in [0.25, 0.3) is 0 Å². The van der Waals surface area contributed by atoms with Gasteiger partial charge in [0.1, 0.15) is 11.6 Å². The van der Waals surface area contributed by atoms with Crippen molar-refractivity contribution >= 4 is 23.0 Å². The van der Waals surface area contributed by atoms with Crippen molar-refractivity contribution in [1.82, 2.24) is 19.9 Å². The van der Waals surface area contributed by atoms with Gasteiger partial charge in [-0.2, -0.15) is 0 Å². The lowest BCUT2D eigenvalue weighted by molar-refractivity contribution is 0.112. The SMILES string of the molecule is COc1ccc2[nH]c(-c3nccc(NCCN(C)C)n3)c(C=O)c2c1. The van der Waals surface area contributed by atoms with Gasteiger partial charge in [-0.25, -0.2) is 9.97 Å². The maximum atomic E-state index is 11.7. The summed E-state index contributed by atoms with van der Waals surface area (Å²) >= 11 is 0. The van der Waals surface area contributed by atoms with E-state index in [0.29, 0.717) is 22.8 Å². The first kappa shape index (κ1) is 16.9. The van der Waals surface area contributed by atoms with Crippen LogP contribution in [0.5, 0.6) is 5.75 Å². The van der Waals surface area contributed by atoms with Crippen molar-refractivity contribution < 1.29 is 9.53 Å². The Hall–Kier alpha value is -2.93. The average Bonchev–Trinajstić information content (AvgIpc) is 2.99. The van der Waals surface area contributed by atoms with Crippen molar-refractivity contribution in [3.63, 3.8) is 0 Å². The molecule has 130 valence electrons. The summed E-state index contributed by atoms with van der Waals surface area (Å²) in [5, 5.41) is 4.05. The van der Waals surface area contributed by atoms with Gasteiger partial charge in [0.05, 0.1) is 18.4 Å². The summed E-state index contributed by atoms with van der Waals surface area (Å²) in [5.41, 5.74) is 1.97. The molecule has 0 bridgehead atoms. The molecule has 0 atom stereocenters. The number of aromatic amines is 1. The molecular formula is C18H21N5O2. The van der Waals surface area contributed by atoms with E-state index in [0.717, 1.165) is 36.1 Å². The zero-order valence-corrected chi connectivity index (χ0v) is 14.5. The molecular weight excluding hydrogens is 318 g/mol. The van der Waals surface area contributed by atoms with E-state index >= 15 is 0 Å². The summed E-state index contributed by atoms with van der Waals surface area (Å²) in [4.78, 5) is 25.8. The fourth-order valence-electron chi connectivity index (χ4n) is 2.60. The van der Waals surface area contributed by atoms with Crippen LogP contribution in [0.1, 0.15) is 10.4 Å². The summed E-state index contributed by atoms with van der Waals surface area (Å²) in [5.74, 6) is 1.90. The van der Waals surface area contributed by atoms with Crippen LogP contribution < -0.4 is 10.1 Å². The van der Waals surface area contributed by atoms with Gasteiger partial charge >= 0.3 is 0 Å². The molecule has 7 heteroatoms. The Morgan fingerprint density at radius 1 is 1.32 bits per heavy atom. The third-order valence-corrected chi connectivity index (χ3v) is 3.91. The maximum absolute atomic E-state index is 11.7. The van der Waals surface area contributed by atoms with Crippen molar-refractivity contribution in [3.8, 4) is 17.3 Å². The minimum absolute atomic E-state index is 0.479. The van der Waals surface area contributed by atoms with Gasteiger partial charge in [-0.15, -0.1) is 0 Å². The molecule has 2 aromatic heterocycles. The zero-order valence-electron chi connectivity index (χ0n) is 14.5. The molecule has 3 aromatic rings. The minimum Gasteiger partial charge on any atom is -0.497 e. The fourth-order valence-corrected chi connectivity index (χ4v) is 2.60. The molecule has 0 amide bonds. The lowest BCUT2D eigenvalue weighted by atomic mass is 10.1. The van der Waals surface area contributed by atoms with Crippen LogP contribution in [0.25, 0.3) is 22.4 Å². The van der Waals surface area contributed by atoms with Crippen molar-refractivity contribution in [3.05, 3.63) is 36.0 Å². The molecule has 0 aliphatic rings. The molecule has 2 N–H and O–H groups in total. The van der Waals surface area contributed by atoms with Gasteiger partial charge in [0, 0.05) is 30.2 Å². The van der Waals surface area contributed by atoms with Gasteiger partial charge in [-0.1, -0.05) is 0 Å². The molecule has 0 radical (unpaired) electrons. The number of hydrogen-bond donors (Lipinski definition) is 2. The third kappa shape index (κ3) is 3.61. The lowest BCUT2D eigenvalue weighted by Gasteiger charge is -2.11. The van der Waals surface area contributed by atoms with Crippen LogP contribution in [0.15, 0.2) is 30.5 Å². The number of aromatic nitrogens is 3. The number of anilines is 1. The van der Waals surface area contributed by atoms with Gasteiger partial charge < -0.3 is 19.9 Å². The summed E-state index contributed by atoms with van der Waals surface area (Å²) < 4.78 is 5.24. The quantitative estimate of drug-likeness (QED) is 0.643. The Morgan fingerprint density at radius 2 is 2.16 bits per heavy atom. The number of fused-ring (bicyclic) bond motifs is 1. The van der Waals surface area contributed by atoms with Crippen molar-refractivity contribution in [2.24, 2.45) is 0 Å². The van der Waals surface area contributed by atoms with Gasteiger partial charge in [0.15, 0.2) is 12.1 Å². The zero-order chi connectivity index (χ0) is 17.8. The van der Waals surface area contributed by atoms with Crippen molar-refractivity contribution in [2.45, 2.75) is 0 Å². The van der Waals surface area contributed by atoms with E-state index in [1.807, 2.05) is 38.4 Å². The Morgan fingerprint density at radius 3 is 2.88 bits per heavy atom. The summed E-state index contributed by atoms with van der Waals surface area (Å²) in [6.45, 7) is 1.67. The maximum Gasteiger partial charge on any atom is 0.178 e. The summed E-state index contributed by atoms with van der Waals surface area (Å²) in [6, 6.07) is 7.37. The highest BCUT2D eigenvalue weighted by Crippen LogP contribution is 2.30. The highest BCUT2D eigenvalue weighted by atomic mass is 16.5. The molecule has 0 aliphatic heterocycles. The number of likely N-dealkylation sites (N-methyl/N-ethyl adjacent to an activating group) is 1. The number of H-pyrrole nitrogens is 1. The molecule has 25 heavy (non-hydrogen) atoms. The number of methoxy groups -OCH3 is 1. The fraction of sp³-hybridized carbons (Fsp3) is 0.278. The first-order valence-electron chi connectivity index (χ1n) is 7.99. The van der Waals surface area contributed by atoms with Crippen LogP contribution in [-0.2, 0) is 0 Å². The Labute approximate surface area is 146 Å². The number of benzene rings is 1. The second-order valence-electron chi connectivity index (χ2n) is 5.94. The molecule has 0 saturated carbocycles. The highest BCUT2D eigenvalue weighted by Gasteiger charge is 2.16. The van der Waals surface area contributed by atoms with Crippen molar-refractivity contribution in [1.29, 1.82) is 0 Å². The number of aldehydes is 1. The first-order chi connectivity index (χ1) is 12.1. The smallest absolute Gasteiger partial charge is 0.178 e. The Bertz CT molecular complexity index is 888. The molecule has 0 aliphatic carbocycles. The third-order valence-electron chi connectivity index (χ3n) is 3.91. The van der Waals surface area contributed by atoms with Crippen LogP contribution in [0, 0.1) is 0 Å². The van der Waals surface area contributed by atoms with Gasteiger partial charge in [-0.05, 0) is 38.4 Å². The molecule has 0 saturated heterocycles. The number of rotatable bonds is 7. The predicted octanol–water partition coefficient (Wildman–Crippen LogP) is 2.42. The van der Waals surface area contributed by atoms with Crippen molar-refractivity contribution in [2.75, 3.05) is 39.6 Å². The minimum atomic E-state index is 0.479. The molecule has 0 fully saturated rings. The van der Waals surface area contributed by atoms with E-state index < -0.39 is 0 Å². The van der Waals surface area contributed by atoms with E-state index in [-0.39, 0.29) is 0 Å². The molecule has 7 nitrogen and oxygen atoms in total. The average molecular weight is 339 g/mol. The van der Waals surface area contributed by atoms with Gasteiger partial charge in [-0.3, -0.25) is 4.79 Å².